The van der Waals surface area contributed by atoms with Crippen molar-refractivity contribution in [3.63, 3.8) is 0 Å². The Balaban J connectivity index is 1.87. The van der Waals surface area contributed by atoms with Crippen molar-refractivity contribution in [3.05, 3.63) is 71.8 Å². The van der Waals surface area contributed by atoms with Gasteiger partial charge in [0.05, 0.1) is 18.2 Å². The van der Waals surface area contributed by atoms with Crippen LogP contribution in [0, 0.1) is 17.2 Å². The molecule has 1 aliphatic heterocycles. The molecule has 1 aliphatic rings. The number of hydrogen-bond acceptors (Lipinski definition) is 6. The second-order valence-electron chi connectivity index (χ2n) is 11.6. The summed E-state index contributed by atoms with van der Waals surface area (Å²) in [6.45, 7) is 6.43. The average molecular weight is 576 g/mol. The number of likely N-dealkylation sites (tertiary alicyclic amines) is 1. The van der Waals surface area contributed by atoms with Crippen molar-refractivity contribution in [2.45, 2.75) is 83.0 Å². The SMILES string of the molecule is CC(=O)N[C@@]1(CC(C)C)CCN(C(CCc2ccccc2)C(=O)N[C@@H](Cc2ccccc2)[C@@H](O)CNCCC#N)C1=O. The number of nitrogens with zero attached hydrogens (tertiary/aromatic N) is 2. The van der Waals surface area contributed by atoms with E-state index in [4.69, 9.17) is 5.26 Å². The second kappa shape index (κ2) is 16.0. The summed E-state index contributed by atoms with van der Waals surface area (Å²) in [5.41, 5.74) is 0.970. The third kappa shape index (κ3) is 9.40. The maximum atomic E-state index is 14.1. The van der Waals surface area contributed by atoms with E-state index in [0.29, 0.717) is 51.6 Å². The number of aryl methyl sites for hydroxylation is 1. The summed E-state index contributed by atoms with van der Waals surface area (Å²) in [4.78, 5) is 41.9. The largest absolute Gasteiger partial charge is 0.390 e. The summed E-state index contributed by atoms with van der Waals surface area (Å²) in [6.07, 6.45) is 1.69. The molecule has 3 rings (SSSR count). The topological polar surface area (TPSA) is 135 Å². The zero-order valence-electron chi connectivity index (χ0n) is 25.0. The highest BCUT2D eigenvalue weighted by molar-refractivity contribution is 5.96. The Kier molecular flexibility index (Phi) is 12.5. The molecule has 2 aromatic rings. The number of amides is 3. The van der Waals surface area contributed by atoms with E-state index in [2.05, 4.69) is 22.0 Å². The Morgan fingerprint density at radius 3 is 2.31 bits per heavy atom. The molecule has 9 heteroatoms. The van der Waals surface area contributed by atoms with Crippen LogP contribution < -0.4 is 16.0 Å². The number of aliphatic hydroxyl groups excluding tert-OH is 1. The van der Waals surface area contributed by atoms with Gasteiger partial charge in [0.1, 0.15) is 11.6 Å². The van der Waals surface area contributed by atoms with Crippen molar-refractivity contribution >= 4 is 17.7 Å². The second-order valence-corrected chi connectivity index (χ2v) is 11.6. The van der Waals surface area contributed by atoms with Crippen LogP contribution in [0.5, 0.6) is 0 Å². The highest BCUT2D eigenvalue weighted by Gasteiger charge is 2.50. The quantitative estimate of drug-likeness (QED) is 0.228. The van der Waals surface area contributed by atoms with Gasteiger partial charge in [-0.25, -0.2) is 0 Å². The third-order valence-electron chi connectivity index (χ3n) is 7.71. The molecule has 2 aromatic carbocycles. The number of aliphatic hydroxyl groups is 1. The first-order chi connectivity index (χ1) is 20.1. The van der Waals surface area contributed by atoms with Crippen LogP contribution in [0.3, 0.4) is 0 Å². The number of nitrogens with one attached hydrogen (secondary N) is 3. The third-order valence-corrected chi connectivity index (χ3v) is 7.71. The van der Waals surface area contributed by atoms with Gasteiger partial charge in [0.25, 0.3) is 0 Å². The van der Waals surface area contributed by atoms with Crippen molar-refractivity contribution in [1.29, 1.82) is 5.26 Å². The van der Waals surface area contributed by atoms with Crippen molar-refractivity contribution in [2.75, 3.05) is 19.6 Å². The maximum absolute atomic E-state index is 14.1. The minimum absolute atomic E-state index is 0.163. The molecule has 1 heterocycles. The highest BCUT2D eigenvalue weighted by Crippen LogP contribution is 2.32. The lowest BCUT2D eigenvalue weighted by Crippen LogP contribution is -2.59. The molecule has 1 fully saturated rings. The fraction of sp³-hybridized carbons (Fsp3) is 0.515. The molecular weight excluding hydrogens is 530 g/mol. The predicted molar refractivity (Wildman–Crippen MR) is 162 cm³/mol. The molecule has 0 aliphatic carbocycles. The fourth-order valence-corrected chi connectivity index (χ4v) is 5.83. The number of carbonyl (C=O) groups excluding carboxylic acids is 3. The first-order valence-corrected chi connectivity index (χ1v) is 14.9. The van der Waals surface area contributed by atoms with Crippen molar-refractivity contribution < 1.29 is 19.5 Å². The van der Waals surface area contributed by atoms with E-state index < -0.39 is 23.7 Å². The van der Waals surface area contributed by atoms with Gasteiger partial charge in [0.2, 0.25) is 17.7 Å². The molecule has 4 N–H and O–H groups in total. The lowest BCUT2D eigenvalue weighted by molar-refractivity contribution is -0.143. The van der Waals surface area contributed by atoms with Crippen LogP contribution in [-0.4, -0.2) is 71.1 Å². The lowest BCUT2D eigenvalue weighted by Gasteiger charge is -2.34. The normalized spacial score (nSPS) is 18.8. The van der Waals surface area contributed by atoms with Crippen LogP contribution in [0.2, 0.25) is 0 Å². The Morgan fingerprint density at radius 2 is 1.71 bits per heavy atom. The number of rotatable bonds is 16. The fourth-order valence-electron chi connectivity index (χ4n) is 5.83. The Hall–Kier alpha value is -3.74. The molecule has 0 saturated carbocycles. The highest BCUT2D eigenvalue weighted by atomic mass is 16.3. The van der Waals surface area contributed by atoms with E-state index in [1.165, 1.54) is 6.92 Å². The van der Waals surface area contributed by atoms with Gasteiger partial charge in [-0.05, 0) is 49.1 Å². The molecule has 0 spiro atoms. The molecule has 226 valence electrons. The van der Waals surface area contributed by atoms with Gasteiger partial charge < -0.3 is 26.0 Å². The van der Waals surface area contributed by atoms with E-state index in [-0.39, 0.29) is 30.2 Å². The molecule has 0 bridgehead atoms. The zero-order valence-corrected chi connectivity index (χ0v) is 25.0. The van der Waals surface area contributed by atoms with Crippen LogP contribution in [0.4, 0.5) is 0 Å². The molecule has 1 saturated heterocycles. The van der Waals surface area contributed by atoms with Gasteiger partial charge >= 0.3 is 0 Å². The van der Waals surface area contributed by atoms with Gasteiger partial charge in [-0.1, -0.05) is 74.5 Å². The molecule has 3 amide bonds. The van der Waals surface area contributed by atoms with Crippen LogP contribution in [-0.2, 0) is 27.2 Å². The summed E-state index contributed by atoms with van der Waals surface area (Å²) in [6, 6.07) is 20.1. The summed E-state index contributed by atoms with van der Waals surface area (Å²) >= 11 is 0. The van der Waals surface area contributed by atoms with Crippen molar-refractivity contribution in [3.8, 4) is 6.07 Å². The van der Waals surface area contributed by atoms with Crippen molar-refractivity contribution in [1.82, 2.24) is 20.9 Å². The van der Waals surface area contributed by atoms with Crippen LogP contribution in [0.1, 0.15) is 57.6 Å². The van der Waals surface area contributed by atoms with Gasteiger partial charge in [-0.15, -0.1) is 0 Å². The smallest absolute Gasteiger partial charge is 0.249 e. The number of benzene rings is 2. The van der Waals surface area contributed by atoms with E-state index in [9.17, 15) is 19.5 Å². The molecule has 9 nitrogen and oxygen atoms in total. The van der Waals surface area contributed by atoms with Gasteiger partial charge in [-0.2, -0.15) is 5.26 Å². The Bertz CT molecular complexity index is 1200. The molecule has 0 aromatic heterocycles. The van der Waals surface area contributed by atoms with E-state index in [0.717, 1.165) is 11.1 Å². The summed E-state index contributed by atoms with van der Waals surface area (Å²) < 4.78 is 0. The van der Waals surface area contributed by atoms with E-state index in [1.54, 1.807) is 4.90 Å². The standard InChI is InChI=1S/C33H45N5O4/c1-24(2)22-33(37-25(3)39)17-20-38(32(33)42)29(16-15-26-11-6-4-7-12-26)31(41)36-28(21-27-13-8-5-9-14-27)30(40)23-35-19-10-18-34/h4-9,11-14,24,28-30,35,40H,10,15-17,19-23H2,1-3H3,(H,36,41)(H,37,39)/t28-,29?,30-,33+/m0/s1. The molecule has 1 unspecified atom stereocenters. The molecule has 4 atom stereocenters. The Labute approximate surface area is 249 Å². The van der Waals surface area contributed by atoms with Gasteiger partial charge in [0.15, 0.2) is 0 Å². The molecule has 0 radical (unpaired) electrons. The van der Waals surface area contributed by atoms with Gasteiger partial charge in [0, 0.05) is 33.0 Å². The van der Waals surface area contributed by atoms with Gasteiger partial charge in [-0.3, -0.25) is 14.4 Å². The van der Waals surface area contributed by atoms with E-state index in [1.807, 2.05) is 74.5 Å². The monoisotopic (exact) mass is 575 g/mol. The number of hydrogen-bond donors (Lipinski definition) is 4. The van der Waals surface area contributed by atoms with Crippen LogP contribution >= 0.6 is 0 Å². The Morgan fingerprint density at radius 1 is 1.07 bits per heavy atom. The zero-order chi connectivity index (χ0) is 30.5. The number of nitriles is 1. The average Bonchev–Trinajstić information content (AvgIpc) is 3.25. The maximum Gasteiger partial charge on any atom is 0.249 e. The first kappa shape index (κ1) is 32.8. The summed E-state index contributed by atoms with van der Waals surface area (Å²) in [5, 5.41) is 29.0. The van der Waals surface area contributed by atoms with Crippen molar-refractivity contribution in [2.24, 2.45) is 5.92 Å². The van der Waals surface area contributed by atoms with Crippen LogP contribution in [0.25, 0.3) is 0 Å². The summed E-state index contributed by atoms with van der Waals surface area (Å²) in [7, 11) is 0. The van der Waals surface area contributed by atoms with E-state index >= 15 is 0 Å². The number of carbonyl (C=O) groups is 3. The molecule has 42 heavy (non-hydrogen) atoms. The van der Waals surface area contributed by atoms with Crippen LogP contribution in [0.15, 0.2) is 60.7 Å². The summed E-state index contributed by atoms with van der Waals surface area (Å²) in [5.74, 6) is -0.681. The minimum atomic E-state index is -1.04. The lowest BCUT2D eigenvalue weighted by atomic mass is 9.87. The minimum Gasteiger partial charge on any atom is -0.390 e. The molecular formula is C33H45N5O4. The first-order valence-electron chi connectivity index (χ1n) is 14.9. The predicted octanol–water partition coefficient (Wildman–Crippen LogP) is 2.73.